The Balaban J connectivity index is 1.70. The van der Waals surface area contributed by atoms with E-state index in [-0.39, 0.29) is 11.9 Å². The number of ketones is 1. The van der Waals surface area contributed by atoms with Gasteiger partial charge in [-0.05, 0) is 48.0 Å². The number of carbonyl (C=O) groups excluding carboxylic acids is 2. The number of halogens is 1. The monoisotopic (exact) mass is 327 g/mol. The Kier molecular flexibility index (Phi) is 4.44. The summed E-state index contributed by atoms with van der Waals surface area (Å²) in [6, 6.07) is 14.1. The van der Waals surface area contributed by atoms with Crippen molar-refractivity contribution in [1.82, 2.24) is 0 Å². The van der Waals surface area contributed by atoms with Crippen LogP contribution in [0.2, 0.25) is 5.02 Å². The highest BCUT2D eigenvalue weighted by atomic mass is 35.5. The van der Waals surface area contributed by atoms with Gasteiger partial charge in [0, 0.05) is 16.3 Å². The molecule has 0 aliphatic carbocycles. The van der Waals surface area contributed by atoms with Gasteiger partial charge in [-0.3, -0.25) is 9.69 Å². The Hall–Kier alpha value is -2.59. The maximum atomic E-state index is 12.2. The van der Waals surface area contributed by atoms with Crippen molar-refractivity contribution in [3.05, 3.63) is 70.8 Å². The molecule has 5 heteroatoms. The first-order chi connectivity index (χ1) is 11.1. The van der Waals surface area contributed by atoms with Gasteiger partial charge < -0.3 is 4.74 Å². The highest BCUT2D eigenvalue weighted by molar-refractivity contribution is 6.30. The number of hydrogen-bond donors (Lipinski definition) is 0. The normalized spacial score (nSPS) is 14.3. The molecule has 0 N–H and O–H groups in total. The predicted molar refractivity (Wildman–Crippen MR) is 90.0 cm³/mol. The van der Waals surface area contributed by atoms with Crippen LogP contribution >= 0.6 is 11.6 Å². The number of cyclic esters (lactones) is 1. The second-order valence-corrected chi connectivity index (χ2v) is 5.50. The van der Waals surface area contributed by atoms with Gasteiger partial charge in [-0.2, -0.15) is 0 Å². The summed E-state index contributed by atoms with van der Waals surface area (Å²) in [5.41, 5.74) is 2.19. The molecule has 1 saturated heterocycles. The van der Waals surface area contributed by atoms with E-state index in [0.717, 1.165) is 11.3 Å². The van der Waals surface area contributed by atoms with Crippen LogP contribution in [-0.2, 0) is 4.74 Å². The lowest BCUT2D eigenvalue weighted by Gasteiger charge is -2.12. The molecule has 23 heavy (non-hydrogen) atoms. The number of nitrogens with zero attached hydrogens (tertiary/aromatic N) is 1. The number of carbonyl (C=O) groups is 2. The maximum absolute atomic E-state index is 12.2. The van der Waals surface area contributed by atoms with E-state index in [0.29, 0.717) is 23.7 Å². The second kappa shape index (κ2) is 6.67. The van der Waals surface area contributed by atoms with Gasteiger partial charge in [-0.25, -0.2) is 4.79 Å². The Labute approximate surface area is 138 Å². The summed E-state index contributed by atoms with van der Waals surface area (Å²) in [7, 11) is 0. The van der Waals surface area contributed by atoms with E-state index in [1.807, 2.05) is 12.1 Å². The lowest BCUT2D eigenvalue weighted by Crippen LogP contribution is -2.23. The predicted octanol–water partition coefficient (Wildman–Crippen LogP) is 4.19. The van der Waals surface area contributed by atoms with Crippen molar-refractivity contribution in [3.8, 4) is 0 Å². The number of amides is 1. The zero-order valence-corrected chi connectivity index (χ0v) is 13.0. The molecule has 1 heterocycles. The third-order valence-electron chi connectivity index (χ3n) is 3.52. The lowest BCUT2D eigenvalue weighted by molar-refractivity contribution is 0.104. The van der Waals surface area contributed by atoms with Crippen LogP contribution < -0.4 is 4.90 Å². The zero-order chi connectivity index (χ0) is 16.2. The van der Waals surface area contributed by atoms with Crippen molar-refractivity contribution < 1.29 is 14.3 Å². The van der Waals surface area contributed by atoms with E-state index < -0.39 is 0 Å². The minimum Gasteiger partial charge on any atom is -0.447 e. The van der Waals surface area contributed by atoms with E-state index in [1.165, 1.54) is 11.0 Å². The fourth-order valence-corrected chi connectivity index (χ4v) is 2.40. The average Bonchev–Trinajstić information content (AvgIpc) is 3.00. The number of ether oxygens (including phenoxy) is 1. The van der Waals surface area contributed by atoms with E-state index in [9.17, 15) is 9.59 Å². The molecule has 0 atom stereocenters. The van der Waals surface area contributed by atoms with Gasteiger partial charge in [0.15, 0.2) is 5.78 Å². The van der Waals surface area contributed by atoms with Gasteiger partial charge in [0.05, 0.1) is 6.54 Å². The Morgan fingerprint density at radius 1 is 1.09 bits per heavy atom. The molecule has 2 aromatic carbocycles. The van der Waals surface area contributed by atoms with Crippen molar-refractivity contribution in [3.63, 3.8) is 0 Å². The van der Waals surface area contributed by atoms with Crippen LogP contribution in [-0.4, -0.2) is 25.0 Å². The lowest BCUT2D eigenvalue weighted by atomic mass is 10.1. The number of allylic oxidation sites excluding steroid dienone is 1. The second-order valence-electron chi connectivity index (χ2n) is 5.06. The summed E-state index contributed by atoms with van der Waals surface area (Å²) in [5, 5.41) is 0.657. The summed E-state index contributed by atoms with van der Waals surface area (Å²) >= 11 is 5.82. The molecule has 116 valence electrons. The first kappa shape index (κ1) is 15.3. The first-order valence-electron chi connectivity index (χ1n) is 7.16. The molecule has 0 spiro atoms. The summed E-state index contributed by atoms with van der Waals surface area (Å²) in [4.78, 5) is 25.2. The van der Waals surface area contributed by atoms with Gasteiger partial charge in [0.25, 0.3) is 0 Å². The molecule has 0 saturated carbocycles. The maximum Gasteiger partial charge on any atom is 0.414 e. The highest BCUT2D eigenvalue weighted by Crippen LogP contribution is 2.19. The number of anilines is 1. The molecule has 1 amide bonds. The van der Waals surface area contributed by atoms with Crippen molar-refractivity contribution in [2.75, 3.05) is 18.1 Å². The molecule has 0 unspecified atom stereocenters. The van der Waals surface area contributed by atoms with Crippen molar-refractivity contribution in [2.24, 2.45) is 0 Å². The molecule has 0 aromatic heterocycles. The Morgan fingerprint density at radius 2 is 1.78 bits per heavy atom. The van der Waals surface area contributed by atoms with E-state index in [1.54, 1.807) is 42.5 Å². The number of hydrogen-bond acceptors (Lipinski definition) is 3. The van der Waals surface area contributed by atoms with Crippen LogP contribution in [0, 0.1) is 0 Å². The van der Waals surface area contributed by atoms with Crippen molar-refractivity contribution in [1.29, 1.82) is 0 Å². The fourth-order valence-electron chi connectivity index (χ4n) is 2.28. The van der Waals surface area contributed by atoms with Gasteiger partial charge in [0.2, 0.25) is 0 Å². The third-order valence-corrected chi connectivity index (χ3v) is 3.77. The van der Waals surface area contributed by atoms with E-state index >= 15 is 0 Å². The minimum absolute atomic E-state index is 0.101. The molecule has 4 nitrogen and oxygen atoms in total. The Bertz CT molecular complexity index is 751. The van der Waals surface area contributed by atoms with E-state index in [4.69, 9.17) is 16.3 Å². The molecule has 1 aliphatic rings. The largest absolute Gasteiger partial charge is 0.447 e. The van der Waals surface area contributed by atoms with Crippen LogP contribution in [0.4, 0.5) is 10.5 Å². The number of rotatable bonds is 4. The molecule has 3 rings (SSSR count). The minimum atomic E-state index is -0.355. The van der Waals surface area contributed by atoms with Gasteiger partial charge in [0.1, 0.15) is 6.61 Å². The fraction of sp³-hybridized carbons (Fsp3) is 0.111. The zero-order valence-electron chi connectivity index (χ0n) is 12.2. The standard InChI is InChI=1S/C18H14ClNO3/c19-15-6-1-13(2-7-15)3-10-17(21)14-4-8-16(9-5-14)20-11-12-23-18(20)22/h1-10H,11-12H2. The summed E-state index contributed by atoms with van der Waals surface area (Å²) < 4.78 is 4.89. The van der Waals surface area contributed by atoms with Crippen molar-refractivity contribution in [2.45, 2.75) is 0 Å². The van der Waals surface area contributed by atoms with E-state index in [2.05, 4.69) is 0 Å². The SMILES string of the molecule is O=C(C=Cc1ccc(Cl)cc1)c1ccc(N2CCOC2=O)cc1. The molecule has 0 bridgehead atoms. The van der Waals surface area contributed by atoms with Crippen LogP contribution in [0.15, 0.2) is 54.6 Å². The molecule has 1 fully saturated rings. The summed E-state index contributed by atoms with van der Waals surface area (Å²) in [5.74, 6) is -0.101. The van der Waals surface area contributed by atoms with Crippen LogP contribution in [0.25, 0.3) is 6.08 Å². The molecule has 2 aromatic rings. The van der Waals surface area contributed by atoms with Crippen LogP contribution in [0.3, 0.4) is 0 Å². The topological polar surface area (TPSA) is 46.6 Å². The molecule has 0 radical (unpaired) electrons. The quantitative estimate of drug-likeness (QED) is 0.624. The smallest absolute Gasteiger partial charge is 0.414 e. The molecular formula is C18H14ClNO3. The van der Waals surface area contributed by atoms with Gasteiger partial charge in [-0.15, -0.1) is 0 Å². The molecular weight excluding hydrogens is 314 g/mol. The highest BCUT2D eigenvalue weighted by Gasteiger charge is 2.23. The third kappa shape index (κ3) is 3.60. The van der Waals surface area contributed by atoms with Gasteiger partial charge in [-0.1, -0.05) is 29.8 Å². The Morgan fingerprint density at radius 3 is 2.39 bits per heavy atom. The average molecular weight is 328 g/mol. The summed E-state index contributed by atoms with van der Waals surface area (Å²) in [6.45, 7) is 0.923. The first-order valence-corrected chi connectivity index (χ1v) is 7.53. The van der Waals surface area contributed by atoms with Crippen molar-refractivity contribution >= 4 is 35.2 Å². The molecule has 1 aliphatic heterocycles. The van der Waals surface area contributed by atoms with Crippen LogP contribution in [0.5, 0.6) is 0 Å². The number of benzene rings is 2. The summed E-state index contributed by atoms with van der Waals surface area (Å²) in [6.07, 6.45) is 2.90. The van der Waals surface area contributed by atoms with Gasteiger partial charge >= 0.3 is 6.09 Å². The van der Waals surface area contributed by atoms with Crippen LogP contribution in [0.1, 0.15) is 15.9 Å².